The smallest absolute Gasteiger partial charge is 0.325 e. The molecule has 2 unspecified atom stereocenters. The second kappa shape index (κ2) is 8.42. The number of nitro benzene ring substituents is 1. The summed E-state index contributed by atoms with van der Waals surface area (Å²) in [5.74, 6) is -0.516. The maximum absolute atomic E-state index is 13.0. The number of amides is 4. The summed E-state index contributed by atoms with van der Waals surface area (Å²) < 4.78 is 5.11. The van der Waals surface area contributed by atoms with Crippen molar-refractivity contribution in [1.82, 2.24) is 15.5 Å². The molecule has 0 aromatic heterocycles. The van der Waals surface area contributed by atoms with Gasteiger partial charge in [0.15, 0.2) is 0 Å². The number of benzene rings is 2. The third kappa shape index (κ3) is 4.32. The molecule has 10 nitrogen and oxygen atoms in total. The SMILES string of the molecule is COc1ccc(C2(C)NC(=O)N(CC(=O)NC(C)c3cccc([N+](=O)[O-])c3)C2=O)cc1. The molecule has 3 rings (SSSR count). The number of carbonyl (C=O) groups is 3. The van der Waals surface area contributed by atoms with Gasteiger partial charge in [-0.1, -0.05) is 24.3 Å². The van der Waals surface area contributed by atoms with E-state index in [-0.39, 0.29) is 5.69 Å². The van der Waals surface area contributed by atoms with Crippen LogP contribution in [0.4, 0.5) is 10.5 Å². The standard InChI is InChI=1S/C21H22N4O6/c1-13(14-5-4-6-16(11-14)25(29)30)22-18(26)12-24-19(27)21(2,23-20(24)28)15-7-9-17(31-3)10-8-15/h4-11,13H,12H2,1-3H3,(H,22,26)(H,23,28). The summed E-state index contributed by atoms with van der Waals surface area (Å²) in [6.07, 6.45) is 0. The molecule has 1 aliphatic heterocycles. The maximum Gasteiger partial charge on any atom is 0.325 e. The molecule has 2 N–H and O–H groups in total. The third-order valence-electron chi connectivity index (χ3n) is 5.20. The molecule has 2 aromatic rings. The Morgan fingerprint density at radius 2 is 1.94 bits per heavy atom. The van der Waals surface area contributed by atoms with Crippen LogP contribution < -0.4 is 15.4 Å². The summed E-state index contributed by atoms with van der Waals surface area (Å²) in [5.41, 5.74) is -0.319. The minimum Gasteiger partial charge on any atom is -0.497 e. The number of nitrogens with zero attached hydrogens (tertiary/aromatic N) is 2. The van der Waals surface area contributed by atoms with Gasteiger partial charge in [0.05, 0.1) is 18.1 Å². The molecule has 0 saturated carbocycles. The van der Waals surface area contributed by atoms with Crippen LogP contribution in [0.15, 0.2) is 48.5 Å². The zero-order valence-corrected chi connectivity index (χ0v) is 17.2. The number of hydrogen-bond acceptors (Lipinski definition) is 6. The van der Waals surface area contributed by atoms with Gasteiger partial charge in [-0.15, -0.1) is 0 Å². The lowest BCUT2D eigenvalue weighted by Crippen LogP contribution is -2.43. The van der Waals surface area contributed by atoms with E-state index in [4.69, 9.17) is 4.74 Å². The molecule has 0 radical (unpaired) electrons. The van der Waals surface area contributed by atoms with Gasteiger partial charge in [-0.3, -0.25) is 24.6 Å². The minimum atomic E-state index is -1.31. The first-order valence-corrected chi connectivity index (χ1v) is 9.48. The van der Waals surface area contributed by atoms with Crippen LogP contribution in [0.5, 0.6) is 5.75 Å². The van der Waals surface area contributed by atoms with E-state index in [0.717, 1.165) is 4.90 Å². The van der Waals surface area contributed by atoms with Gasteiger partial charge in [-0.05, 0) is 37.1 Å². The molecule has 1 aliphatic rings. The van der Waals surface area contributed by atoms with Crippen molar-refractivity contribution in [1.29, 1.82) is 0 Å². The molecular weight excluding hydrogens is 404 g/mol. The van der Waals surface area contributed by atoms with Gasteiger partial charge < -0.3 is 15.4 Å². The predicted octanol–water partition coefficient (Wildman–Crippen LogP) is 2.25. The van der Waals surface area contributed by atoms with Crippen molar-refractivity contribution in [2.24, 2.45) is 0 Å². The molecule has 10 heteroatoms. The summed E-state index contributed by atoms with van der Waals surface area (Å²) >= 11 is 0. The normalized spacial score (nSPS) is 19.0. The molecule has 4 amide bonds. The van der Waals surface area contributed by atoms with E-state index in [0.29, 0.717) is 16.9 Å². The highest BCUT2D eigenvalue weighted by Crippen LogP contribution is 2.30. The van der Waals surface area contributed by atoms with Crippen LogP contribution in [0, 0.1) is 10.1 Å². The number of methoxy groups -OCH3 is 1. The first kappa shape index (κ1) is 21.8. The fourth-order valence-electron chi connectivity index (χ4n) is 3.38. The summed E-state index contributed by atoms with van der Waals surface area (Å²) in [5, 5.41) is 16.2. The molecule has 1 saturated heterocycles. The number of rotatable bonds is 7. The van der Waals surface area contributed by atoms with Gasteiger partial charge >= 0.3 is 6.03 Å². The van der Waals surface area contributed by atoms with E-state index < -0.39 is 40.9 Å². The van der Waals surface area contributed by atoms with E-state index in [9.17, 15) is 24.5 Å². The Morgan fingerprint density at radius 1 is 1.26 bits per heavy atom. The van der Waals surface area contributed by atoms with Crippen molar-refractivity contribution < 1.29 is 24.0 Å². The average molecular weight is 426 g/mol. The molecule has 31 heavy (non-hydrogen) atoms. The molecule has 2 atom stereocenters. The van der Waals surface area contributed by atoms with Gasteiger partial charge in [0.2, 0.25) is 5.91 Å². The molecule has 2 aromatic carbocycles. The van der Waals surface area contributed by atoms with Crippen LogP contribution in [0.2, 0.25) is 0 Å². The van der Waals surface area contributed by atoms with Crippen LogP contribution in [0.3, 0.4) is 0 Å². The Morgan fingerprint density at radius 3 is 2.55 bits per heavy atom. The van der Waals surface area contributed by atoms with Gasteiger partial charge in [-0.2, -0.15) is 0 Å². The molecule has 162 valence electrons. The molecule has 1 fully saturated rings. The number of carbonyl (C=O) groups excluding carboxylic acids is 3. The highest BCUT2D eigenvalue weighted by Gasteiger charge is 2.49. The lowest BCUT2D eigenvalue weighted by Gasteiger charge is -2.22. The first-order valence-electron chi connectivity index (χ1n) is 9.48. The van der Waals surface area contributed by atoms with Crippen molar-refractivity contribution in [3.8, 4) is 5.75 Å². The van der Waals surface area contributed by atoms with Crippen molar-refractivity contribution in [3.63, 3.8) is 0 Å². The average Bonchev–Trinajstić information content (AvgIpc) is 2.97. The molecule has 1 heterocycles. The molecular formula is C21H22N4O6. The number of imide groups is 1. The van der Waals surface area contributed by atoms with Crippen LogP contribution in [-0.2, 0) is 15.1 Å². The highest BCUT2D eigenvalue weighted by atomic mass is 16.6. The zero-order chi connectivity index (χ0) is 22.8. The van der Waals surface area contributed by atoms with Gasteiger partial charge in [0.25, 0.3) is 11.6 Å². The monoisotopic (exact) mass is 426 g/mol. The second-order valence-corrected chi connectivity index (χ2v) is 7.32. The number of hydrogen-bond donors (Lipinski definition) is 2. The lowest BCUT2D eigenvalue weighted by molar-refractivity contribution is -0.384. The van der Waals surface area contributed by atoms with Gasteiger partial charge in [0, 0.05) is 12.1 Å². The van der Waals surface area contributed by atoms with E-state index in [1.165, 1.54) is 25.3 Å². The Labute approximate surface area is 178 Å². The fraction of sp³-hybridized carbons (Fsp3) is 0.286. The first-order chi connectivity index (χ1) is 14.7. The quantitative estimate of drug-likeness (QED) is 0.397. The zero-order valence-electron chi connectivity index (χ0n) is 17.2. The van der Waals surface area contributed by atoms with Crippen molar-refractivity contribution in [2.45, 2.75) is 25.4 Å². The molecule has 0 aliphatic carbocycles. The number of nitro groups is 1. The number of non-ortho nitro benzene ring substituents is 1. The van der Waals surface area contributed by atoms with Crippen molar-refractivity contribution in [3.05, 3.63) is 69.8 Å². The summed E-state index contributed by atoms with van der Waals surface area (Å²) in [7, 11) is 1.52. The summed E-state index contributed by atoms with van der Waals surface area (Å²) in [4.78, 5) is 49.1. The number of nitrogens with one attached hydrogen (secondary N) is 2. The van der Waals surface area contributed by atoms with Crippen LogP contribution in [0.1, 0.15) is 31.0 Å². The maximum atomic E-state index is 13.0. The highest BCUT2D eigenvalue weighted by molar-refractivity contribution is 6.09. The Bertz CT molecular complexity index is 1040. The lowest BCUT2D eigenvalue weighted by atomic mass is 9.92. The number of ether oxygens (including phenoxy) is 1. The Kier molecular flexibility index (Phi) is 5.91. The van der Waals surface area contributed by atoms with Crippen molar-refractivity contribution in [2.75, 3.05) is 13.7 Å². The second-order valence-electron chi connectivity index (χ2n) is 7.32. The number of urea groups is 1. The van der Waals surface area contributed by atoms with E-state index in [1.54, 1.807) is 44.2 Å². The Balaban J connectivity index is 1.69. The largest absolute Gasteiger partial charge is 0.497 e. The summed E-state index contributed by atoms with van der Waals surface area (Å²) in [6.45, 7) is 2.75. The van der Waals surface area contributed by atoms with Gasteiger partial charge in [-0.25, -0.2) is 4.79 Å². The van der Waals surface area contributed by atoms with E-state index >= 15 is 0 Å². The van der Waals surface area contributed by atoms with Gasteiger partial charge in [0.1, 0.15) is 17.8 Å². The molecule has 0 bridgehead atoms. The van der Waals surface area contributed by atoms with Crippen LogP contribution >= 0.6 is 0 Å². The van der Waals surface area contributed by atoms with Crippen LogP contribution in [-0.4, -0.2) is 41.3 Å². The van der Waals surface area contributed by atoms with Crippen molar-refractivity contribution >= 4 is 23.5 Å². The Hall–Kier alpha value is -3.95. The fourth-order valence-corrected chi connectivity index (χ4v) is 3.38. The predicted molar refractivity (Wildman–Crippen MR) is 110 cm³/mol. The van der Waals surface area contributed by atoms with E-state index in [2.05, 4.69) is 10.6 Å². The van der Waals surface area contributed by atoms with E-state index in [1.807, 2.05) is 0 Å². The third-order valence-corrected chi connectivity index (χ3v) is 5.20. The molecule has 0 spiro atoms. The summed E-state index contributed by atoms with van der Waals surface area (Å²) in [6, 6.07) is 11.3. The topological polar surface area (TPSA) is 131 Å². The minimum absolute atomic E-state index is 0.0945. The van der Waals surface area contributed by atoms with Crippen LogP contribution in [0.25, 0.3) is 0 Å².